The summed E-state index contributed by atoms with van der Waals surface area (Å²) < 4.78 is 6.36. The molecule has 2 aromatic rings. The van der Waals surface area contributed by atoms with Gasteiger partial charge in [0.2, 0.25) is 11.8 Å². The number of hydrogen-bond donors (Lipinski definition) is 2. The summed E-state index contributed by atoms with van der Waals surface area (Å²) in [6, 6.07) is 0.621. The van der Waals surface area contributed by atoms with E-state index in [0.717, 1.165) is 54.3 Å². The second-order valence-corrected chi connectivity index (χ2v) is 9.28. The Balaban J connectivity index is 1.58. The van der Waals surface area contributed by atoms with E-state index in [-0.39, 0.29) is 12.0 Å². The molecule has 2 aromatic heterocycles. The number of aryl methyl sites for hydroxylation is 1. The van der Waals surface area contributed by atoms with E-state index in [1.807, 2.05) is 0 Å². The molecule has 7 nitrogen and oxygen atoms in total. The van der Waals surface area contributed by atoms with Crippen molar-refractivity contribution in [1.82, 2.24) is 14.9 Å². The lowest BCUT2D eigenvalue weighted by atomic mass is 9.92. The number of carbonyl (C=O) groups excluding carboxylic acids is 1. The standard InChI is InChI=1S/C20H28N4O3S/c1-24(2)12-4-6-13(7-5-12)27-19-17-16-11(9-14(25)18(21)26)3-8-15(16)28-20(17)23-10-22-19/h10-14,25H,3-9H2,1-2H3,(H2,21,26)/t11-,12?,13?,14-/m1/s1. The Morgan fingerprint density at radius 3 is 2.75 bits per heavy atom. The summed E-state index contributed by atoms with van der Waals surface area (Å²) in [5, 5.41) is 11.0. The number of nitrogens with zero attached hydrogens (tertiary/aromatic N) is 3. The highest BCUT2D eigenvalue weighted by molar-refractivity contribution is 7.19. The van der Waals surface area contributed by atoms with Crippen LogP contribution in [0.1, 0.15) is 54.9 Å². The summed E-state index contributed by atoms with van der Waals surface area (Å²) in [4.78, 5) is 24.7. The largest absolute Gasteiger partial charge is 0.474 e. The van der Waals surface area contributed by atoms with Crippen LogP contribution in [-0.4, -0.2) is 58.2 Å². The Hall–Kier alpha value is -1.77. The third kappa shape index (κ3) is 3.73. The monoisotopic (exact) mass is 404 g/mol. The first kappa shape index (κ1) is 19.5. The fourth-order valence-electron chi connectivity index (χ4n) is 4.59. The molecule has 0 saturated heterocycles. The van der Waals surface area contributed by atoms with Gasteiger partial charge in [0.1, 0.15) is 23.4 Å². The van der Waals surface area contributed by atoms with Gasteiger partial charge in [-0.05, 0) is 70.5 Å². The second-order valence-electron chi connectivity index (χ2n) is 8.20. The topological polar surface area (TPSA) is 102 Å². The number of primary amides is 1. The lowest BCUT2D eigenvalue weighted by Gasteiger charge is -2.32. The zero-order valence-electron chi connectivity index (χ0n) is 16.4. The molecule has 3 N–H and O–H groups in total. The average molecular weight is 405 g/mol. The van der Waals surface area contributed by atoms with E-state index in [0.29, 0.717) is 18.3 Å². The van der Waals surface area contributed by atoms with Gasteiger partial charge < -0.3 is 20.5 Å². The maximum absolute atomic E-state index is 11.3. The van der Waals surface area contributed by atoms with Crippen LogP contribution in [0, 0.1) is 0 Å². The molecule has 0 spiro atoms. The van der Waals surface area contributed by atoms with E-state index >= 15 is 0 Å². The zero-order chi connectivity index (χ0) is 19.8. The summed E-state index contributed by atoms with van der Waals surface area (Å²) >= 11 is 1.67. The third-order valence-corrected chi connectivity index (χ3v) is 7.36. The summed E-state index contributed by atoms with van der Waals surface area (Å²) in [7, 11) is 4.27. The fourth-order valence-corrected chi connectivity index (χ4v) is 5.82. The Labute approximate surface area is 168 Å². The number of thiophene rings is 1. The SMILES string of the molecule is CN(C)C1CCC(Oc2ncnc3sc4c(c23)[C@@H](C[C@@H](O)C(N)=O)CC4)CC1. The number of nitrogens with two attached hydrogens (primary N) is 1. The van der Waals surface area contributed by atoms with E-state index in [2.05, 4.69) is 29.0 Å². The molecule has 0 radical (unpaired) electrons. The molecule has 0 unspecified atom stereocenters. The Morgan fingerprint density at radius 1 is 1.32 bits per heavy atom. The predicted octanol–water partition coefficient (Wildman–Crippen LogP) is 2.21. The van der Waals surface area contributed by atoms with Gasteiger partial charge in [0.05, 0.1) is 5.39 Å². The van der Waals surface area contributed by atoms with Crippen LogP contribution in [0.25, 0.3) is 10.2 Å². The van der Waals surface area contributed by atoms with Crippen LogP contribution in [0.5, 0.6) is 5.88 Å². The van der Waals surface area contributed by atoms with Gasteiger partial charge in [-0.2, -0.15) is 0 Å². The maximum atomic E-state index is 11.3. The van der Waals surface area contributed by atoms with Crippen molar-refractivity contribution in [3.05, 3.63) is 16.8 Å². The highest BCUT2D eigenvalue weighted by atomic mass is 32.1. The number of aliphatic hydroxyl groups excluding tert-OH is 1. The van der Waals surface area contributed by atoms with Crippen LogP contribution < -0.4 is 10.5 Å². The second kappa shape index (κ2) is 7.93. The first-order valence-corrected chi connectivity index (χ1v) is 10.8. The number of hydrogen-bond acceptors (Lipinski definition) is 7. The van der Waals surface area contributed by atoms with Crippen molar-refractivity contribution < 1.29 is 14.6 Å². The molecule has 8 heteroatoms. The molecule has 2 heterocycles. The predicted molar refractivity (Wildman–Crippen MR) is 109 cm³/mol. The van der Waals surface area contributed by atoms with Gasteiger partial charge >= 0.3 is 0 Å². The number of aromatic nitrogens is 2. The summed E-state index contributed by atoms with van der Waals surface area (Å²) in [6.45, 7) is 0. The molecule has 2 atom stereocenters. The van der Waals surface area contributed by atoms with Crippen LogP contribution in [0.15, 0.2) is 6.33 Å². The molecule has 1 fully saturated rings. The minimum atomic E-state index is -1.12. The fraction of sp³-hybridized carbons (Fsp3) is 0.650. The van der Waals surface area contributed by atoms with Gasteiger partial charge in [-0.1, -0.05) is 0 Å². The van der Waals surface area contributed by atoms with Gasteiger partial charge in [0.25, 0.3) is 0 Å². The minimum absolute atomic E-state index is 0.0871. The van der Waals surface area contributed by atoms with Crippen LogP contribution in [0.3, 0.4) is 0 Å². The minimum Gasteiger partial charge on any atom is -0.474 e. The summed E-state index contributed by atoms with van der Waals surface area (Å²) in [6.07, 6.45) is 7.08. The molecular formula is C20H28N4O3S. The van der Waals surface area contributed by atoms with Crippen molar-refractivity contribution in [2.24, 2.45) is 5.73 Å². The molecule has 1 amide bonds. The first-order chi connectivity index (χ1) is 13.4. The molecular weight excluding hydrogens is 376 g/mol. The van der Waals surface area contributed by atoms with Crippen LogP contribution in [0.4, 0.5) is 0 Å². The van der Waals surface area contributed by atoms with E-state index in [4.69, 9.17) is 10.5 Å². The molecule has 0 aromatic carbocycles. The summed E-state index contributed by atoms with van der Waals surface area (Å²) in [5.74, 6) is 0.0682. The number of aliphatic hydroxyl groups is 1. The van der Waals surface area contributed by atoms with E-state index in [1.54, 1.807) is 17.7 Å². The highest BCUT2D eigenvalue weighted by Crippen LogP contribution is 2.47. The summed E-state index contributed by atoms with van der Waals surface area (Å²) in [5.41, 5.74) is 6.42. The van der Waals surface area contributed by atoms with Gasteiger partial charge in [0.15, 0.2) is 0 Å². The Kier molecular flexibility index (Phi) is 5.53. The van der Waals surface area contributed by atoms with Crippen molar-refractivity contribution in [2.45, 2.75) is 69.1 Å². The maximum Gasteiger partial charge on any atom is 0.246 e. The molecule has 4 rings (SSSR count). The number of amides is 1. The van der Waals surface area contributed by atoms with E-state index in [1.165, 1.54) is 4.88 Å². The molecule has 0 aliphatic heterocycles. The highest BCUT2D eigenvalue weighted by Gasteiger charge is 2.33. The van der Waals surface area contributed by atoms with Gasteiger partial charge in [-0.3, -0.25) is 4.79 Å². The lowest BCUT2D eigenvalue weighted by Crippen LogP contribution is -2.35. The van der Waals surface area contributed by atoms with Crippen molar-refractivity contribution in [3.63, 3.8) is 0 Å². The van der Waals surface area contributed by atoms with Gasteiger partial charge in [0, 0.05) is 10.9 Å². The number of fused-ring (bicyclic) bond motifs is 3. The van der Waals surface area contributed by atoms with Crippen molar-refractivity contribution in [3.8, 4) is 5.88 Å². The van der Waals surface area contributed by atoms with Crippen molar-refractivity contribution in [1.29, 1.82) is 0 Å². The van der Waals surface area contributed by atoms with Gasteiger partial charge in [-0.25, -0.2) is 9.97 Å². The van der Waals surface area contributed by atoms with Crippen LogP contribution in [0.2, 0.25) is 0 Å². The quantitative estimate of drug-likeness (QED) is 0.765. The zero-order valence-corrected chi connectivity index (χ0v) is 17.2. The number of rotatable bonds is 6. The van der Waals surface area contributed by atoms with Gasteiger partial charge in [-0.15, -0.1) is 11.3 Å². The molecule has 1 saturated carbocycles. The van der Waals surface area contributed by atoms with Crippen molar-refractivity contribution >= 4 is 27.5 Å². The van der Waals surface area contributed by atoms with Crippen LogP contribution >= 0.6 is 11.3 Å². The molecule has 0 bridgehead atoms. The van der Waals surface area contributed by atoms with E-state index < -0.39 is 12.0 Å². The molecule has 2 aliphatic carbocycles. The number of carbonyl (C=O) groups is 1. The Morgan fingerprint density at radius 2 is 2.07 bits per heavy atom. The van der Waals surface area contributed by atoms with Crippen LogP contribution in [-0.2, 0) is 11.2 Å². The average Bonchev–Trinajstić information content (AvgIpc) is 3.22. The smallest absolute Gasteiger partial charge is 0.246 e. The third-order valence-electron chi connectivity index (χ3n) is 6.18. The molecule has 2 aliphatic rings. The Bertz CT molecular complexity index is 860. The van der Waals surface area contributed by atoms with E-state index in [9.17, 15) is 9.90 Å². The lowest BCUT2D eigenvalue weighted by molar-refractivity contribution is -0.126. The normalized spacial score (nSPS) is 25.8. The van der Waals surface area contributed by atoms with Crippen molar-refractivity contribution in [2.75, 3.05) is 14.1 Å². The first-order valence-electron chi connectivity index (χ1n) is 10.0. The number of ether oxygens (including phenoxy) is 1. The molecule has 152 valence electrons. The molecule has 28 heavy (non-hydrogen) atoms.